The van der Waals surface area contributed by atoms with E-state index in [9.17, 15) is 14.7 Å². The van der Waals surface area contributed by atoms with E-state index in [0.29, 0.717) is 0 Å². The van der Waals surface area contributed by atoms with Gasteiger partial charge in [0.25, 0.3) is 0 Å². The molecule has 7 heteroatoms. The predicted octanol–water partition coefficient (Wildman–Crippen LogP) is 9.73. The Bertz CT molecular complexity index is 1120. The van der Waals surface area contributed by atoms with Crippen molar-refractivity contribution in [1.82, 2.24) is 0 Å². The quantitative estimate of drug-likeness (QED) is 0.150. The van der Waals surface area contributed by atoms with Gasteiger partial charge in [0.1, 0.15) is 9.71 Å². The molecule has 0 bridgehead atoms. The maximum absolute atomic E-state index is 14.4. The highest BCUT2D eigenvalue weighted by Gasteiger charge is 2.74. The monoisotopic (exact) mass is 890 g/mol. The third-order valence-electron chi connectivity index (χ3n) is 11.1. The van der Waals surface area contributed by atoms with Crippen LogP contribution in [0.25, 0.3) is 0 Å². The predicted molar refractivity (Wildman–Crippen MR) is 190 cm³/mol. The molecule has 8 unspecified atom stereocenters. The minimum Gasteiger partial charge on any atom is -0.505 e. The largest absolute Gasteiger partial charge is 0.505 e. The van der Waals surface area contributed by atoms with Crippen molar-refractivity contribution < 1.29 is 19.5 Å². The van der Waals surface area contributed by atoms with E-state index in [2.05, 4.69) is 116 Å². The van der Waals surface area contributed by atoms with Gasteiger partial charge in [-0.05, 0) is 99.0 Å². The molecule has 0 spiro atoms. The van der Waals surface area contributed by atoms with Crippen LogP contribution in [0, 0.1) is 33.5 Å². The summed E-state index contributed by atoms with van der Waals surface area (Å²) in [6, 6.07) is 0. The zero-order valence-electron chi connectivity index (χ0n) is 25.8. The van der Waals surface area contributed by atoms with E-state index in [1.165, 1.54) is 38.2 Å². The fraction of sp³-hybridized carbons (Fsp3) is 0.788. The van der Waals surface area contributed by atoms with Gasteiger partial charge in [-0.1, -0.05) is 128 Å². The van der Waals surface area contributed by atoms with Gasteiger partial charge in [0.15, 0.2) is 11.5 Å². The van der Waals surface area contributed by atoms with E-state index < -0.39 is 12.3 Å². The molecular weight excluding hydrogens is 841 g/mol. The number of hydrogen-bond donors (Lipinski definition) is 1. The first kappa shape index (κ1) is 35.0. The Morgan fingerprint density at radius 1 is 0.925 bits per heavy atom. The molecule has 0 amide bonds. The van der Waals surface area contributed by atoms with Gasteiger partial charge in [-0.25, -0.2) is 0 Å². The number of aliphatic hydroxyl groups excluding tert-OH is 1. The van der Waals surface area contributed by atoms with Crippen molar-refractivity contribution in [3.63, 3.8) is 0 Å². The Morgan fingerprint density at radius 2 is 1.45 bits per heavy atom. The van der Waals surface area contributed by atoms with Crippen LogP contribution in [0.5, 0.6) is 0 Å². The number of halogens is 3. The molecule has 5 aliphatic carbocycles. The zero-order chi connectivity index (χ0) is 30.7. The molecule has 226 valence electrons. The number of alkyl halides is 3. The molecule has 3 fully saturated rings. The highest BCUT2D eigenvalue weighted by Crippen LogP contribution is 2.76. The molecule has 0 aliphatic heterocycles. The Kier molecular flexibility index (Phi) is 10.0. The number of carbonyl (C=O) groups excluding carboxylic acids is 3. The van der Waals surface area contributed by atoms with E-state index in [1.807, 2.05) is 13.0 Å². The Balaban J connectivity index is 0.000000676. The van der Waals surface area contributed by atoms with Crippen LogP contribution in [-0.4, -0.2) is 33.2 Å². The topological polar surface area (TPSA) is 71.4 Å². The first-order valence-corrected chi connectivity index (χ1v) is 18.2. The number of rotatable bonds is 0. The highest BCUT2D eigenvalue weighted by molar-refractivity contribution is 14.1. The van der Waals surface area contributed by atoms with Gasteiger partial charge in [-0.2, -0.15) is 0 Å². The molecule has 0 heterocycles. The van der Waals surface area contributed by atoms with Crippen molar-refractivity contribution >= 4 is 85.6 Å². The second-order valence-electron chi connectivity index (χ2n) is 14.6. The minimum absolute atomic E-state index is 0.0777. The van der Waals surface area contributed by atoms with E-state index >= 15 is 0 Å². The lowest BCUT2D eigenvalue weighted by molar-refractivity contribution is -0.131. The van der Waals surface area contributed by atoms with Crippen LogP contribution in [0.15, 0.2) is 23.5 Å². The van der Waals surface area contributed by atoms with Crippen LogP contribution >= 0.6 is 67.8 Å². The maximum Gasteiger partial charge on any atom is 0.212 e. The van der Waals surface area contributed by atoms with Crippen molar-refractivity contribution in [2.24, 2.45) is 33.5 Å². The number of allylic oxidation sites excluding steroid dienone is 4. The third kappa shape index (κ3) is 4.95. The van der Waals surface area contributed by atoms with E-state index in [-0.39, 0.29) is 48.8 Å². The number of hydrogen-bond acceptors (Lipinski definition) is 4. The number of carbonyl (C=O) groups is 3. The first-order chi connectivity index (χ1) is 18.2. The van der Waals surface area contributed by atoms with Gasteiger partial charge >= 0.3 is 0 Å². The third-order valence-corrected chi connectivity index (χ3v) is 18.1. The minimum atomic E-state index is -0.668. The summed E-state index contributed by atoms with van der Waals surface area (Å²) in [6.07, 6.45) is 13.5. The van der Waals surface area contributed by atoms with Gasteiger partial charge in [-0.3, -0.25) is 9.59 Å². The Morgan fingerprint density at radius 3 is 2.00 bits per heavy atom. The molecule has 5 rings (SSSR count). The van der Waals surface area contributed by atoms with Crippen LogP contribution in [-0.2, 0) is 14.4 Å². The number of aldehydes is 1. The summed E-state index contributed by atoms with van der Waals surface area (Å²) < 4.78 is -1.21. The Hall–Kier alpha value is 0.480. The molecule has 4 nitrogen and oxygen atoms in total. The maximum atomic E-state index is 14.4. The van der Waals surface area contributed by atoms with Crippen LogP contribution in [0.1, 0.15) is 114 Å². The van der Waals surface area contributed by atoms with Crippen molar-refractivity contribution in [3.8, 4) is 0 Å². The molecule has 0 aromatic carbocycles. The summed E-state index contributed by atoms with van der Waals surface area (Å²) in [4.78, 5) is 36.2. The molecule has 0 aromatic heterocycles. The molecule has 8 atom stereocenters. The molecule has 0 aromatic rings. The van der Waals surface area contributed by atoms with Crippen LogP contribution < -0.4 is 0 Å². The Labute approximate surface area is 283 Å². The summed E-state index contributed by atoms with van der Waals surface area (Å²) >= 11 is 7.61. The molecule has 40 heavy (non-hydrogen) atoms. The number of Topliss-reactive ketones (excluding diaryl/α,β-unsaturated/α-hetero) is 1. The zero-order valence-corrected chi connectivity index (χ0v) is 32.3. The van der Waals surface area contributed by atoms with Crippen molar-refractivity contribution in [2.45, 2.75) is 124 Å². The lowest BCUT2D eigenvalue weighted by Crippen LogP contribution is -2.73. The van der Waals surface area contributed by atoms with Crippen LogP contribution in [0.3, 0.4) is 0 Å². The molecule has 0 radical (unpaired) electrons. The van der Waals surface area contributed by atoms with E-state index in [1.54, 1.807) is 6.08 Å². The molecule has 0 saturated heterocycles. The second kappa shape index (κ2) is 11.4. The average molecular weight is 890 g/mol. The van der Waals surface area contributed by atoms with Gasteiger partial charge in [0.2, 0.25) is 5.78 Å². The first-order valence-electron chi connectivity index (χ1n) is 14.9. The molecule has 3 saturated carbocycles. The van der Waals surface area contributed by atoms with Crippen LogP contribution in [0.4, 0.5) is 0 Å². The van der Waals surface area contributed by atoms with Gasteiger partial charge in [0, 0.05) is 5.41 Å². The molecule has 5 aliphatic rings. The lowest BCUT2D eigenvalue weighted by Gasteiger charge is -2.70. The second-order valence-corrected chi connectivity index (χ2v) is 20.4. The summed E-state index contributed by atoms with van der Waals surface area (Å²) in [5.74, 6) is 0.307. The van der Waals surface area contributed by atoms with Crippen molar-refractivity contribution in [1.29, 1.82) is 0 Å². The summed E-state index contributed by atoms with van der Waals surface area (Å²) in [7, 11) is 0. The van der Waals surface area contributed by atoms with Crippen molar-refractivity contribution in [3.05, 3.63) is 23.5 Å². The number of aliphatic hydroxyl groups is 1. The van der Waals surface area contributed by atoms with Gasteiger partial charge < -0.3 is 9.90 Å². The summed E-state index contributed by atoms with van der Waals surface area (Å²) in [6.45, 7) is 19.4. The van der Waals surface area contributed by atoms with Gasteiger partial charge in [-0.15, -0.1) is 0 Å². The van der Waals surface area contributed by atoms with Crippen molar-refractivity contribution in [2.75, 3.05) is 0 Å². The highest BCUT2D eigenvalue weighted by atomic mass is 127. The number of ketones is 2. The SMILES string of the molecule is CC1(C)CCC2(C)CCC3C4(C)CCC5C(C)(I)C(=O)C(O)=CC5(C)C4=CC(=O)C3(I)C2(I)C1.CC=O.CCC. The average Bonchev–Trinajstić information content (AvgIpc) is 2.82. The molecule has 1 N–H and O–H groups in total. The molecular formula is C33H49I3O4. The van der Waals surface area contributed by atoms with Gasteiger partial charge in [0.05, 0.1) is 6.84 Å². The van der Waals surface area contributed by atoms with E-state index in [4.69, 9.17) is 4.79 Å². The lowest BCUT2D eigenvalue weighted by atomic mass is 9.39. The van der Waals surface area contributed by atoms with Crippen LogP contribution in [0.2, 0.25) is 0 Å². The summed E-state index contributed by atoms with van der Waals surface area (Å²) in [5.41, 5.74) is 0.955. The smallest absolute Gasteiger partial charge is 0.212 e. The fourth-order valence-electron chi connectivity index (χ4n) is 9.10. The fourth-order valence-corrected chi connectivity index (χ4v) is 14.5. The normalized spacial score (nSPS) is 46.8. The number of fused-ring (bicyclic) bond motifs is 7. The standard InChI is InChI=1S/C28H37I3O3.C3H8.C2H4O/c1-22(2)11-12-23(3)9-7-18-24(4)10-8-17-25(5,14-16(32)21(34)26(17,6)29)19(24)13-20(33)28(18,31)27(23,30)15-22;1-3-2;1-2-3/h13-14,17-18,32H,7-12,15H2,1-6H3;3H2,1-2H3;2H,1H3. The summed E-state index contributed by atoms with van der Waals surface area (Å²) in [5, 5.41) is 10.7. The van der Waals surface area contributed by atoms with E-state index in [0.717, 1.165) is 32.0 Å².